The molecule has 5 nitrogen and oxygen atoms in total. The molecule has 0 atom stereocenters. The highest BCUT2D eigenvalue weighted by molar-refractivity contribution is 5.91. The first-order valence-electron chi connectivity index (χ1n) is 5.16. The van der Waals surface area contributed by atoms with E-state index in [1.807, 2.05) is 0 Å². The predicted octanol–water partition coefficient (Wildman–Crippen LogP) is 1.31. The van der Waals surface area contributed by atoms with Crippen LogP contribution in [0.1, 0.15) is 25.5 Å². The van der Waals surface area contributed by atoms with E-state index < -0.39 is 0 Å². The van der Waals surface area contributed by atoms with Crippen LogP contribution < -0.4 is 10.6 Å². The molecule has 0 spiro atoms. The molecule has 2 N–H and O–H groups in total. The predicted molar refractivity (Wildman–Crippen MR) is 57.6 cm³/mol. The second-order valence-corrected chi connectivity index (χ2v) is 3.40. The molecule has 1 amide bonds. The lowest BCUT2D eigenvalue weighted by molar-refractivity contribution is -0.115. The molecule has 84 valence electrons. The average molecular weight is 211 g/mol. The number of rotatable bonds is 6. The minimum Gasteiger partial charge on any atom is -0.360 e. The minimum absolute atomic E-state index is 0.0978. The van der Waals surface area contributed by atoms with Crippen molar-refractivity contribution in [1.82, 2.24) is 10.5 Å². The van der Waals surface area contributed by atoms with Gasteiger partial charge in [-0.3, -0.25) is 4.79 Å². The molecule has 1 rings (SSSR count). The van der Waals surface area contributed by atoms with E-state index in [9.17, 15) is 4.79 Å². The van der Waals surface area contributed by atoms with Crippen molar-refractivity contribution in [2.75, 3.05) is 18.4 Å². The lowest BCUT2D eigenvalue weighted by Crippen LogP contribution is -2.28. The Balaban J connectivity index is 2.18. The number of aryl methyl sites for hydroxylation is 1. The molecule has 0 unspecified atom stereocenters. The molecule has 5 heteroatoms. The van der Waals surface area contributed by atoms with Crippen LogP contribution in [0.2, 0.25) is 0 Å². The summed E-state index contributed by atoms with van der Waals surface area (Å²) in [5.41, 5.74) is 0. The molecule has 0 radical (unpaired) electrons. The van der Waals surface area contributed by atoms with Gasteiger partial charge >= 0.3 is 0 Å². The normalized spacial score (nSPS) is 10.3. The Morgan fingerprint density at radius 1 is 1.60 bits per heavy atom. The molecule has 15 heavy (non-hydrogen) atoms. The number of nitrogens with zero attached hydrogens (tertiary/aromatic N) is 1. The summed E-state index contributed by atoms with van der Waals surface area (Å²) in [5, 5.41) is 9.34. The van der Waals surface area contributed by atoms with Crippen LogP contribution in [-0.4, -0.2) is 24.2 Å². The zero-order chi connectivity index (χ0) is 11.1. The van der Waals surface area contributed by atoms with Crippen LogP contribution in [0.25, 0.3) is 0 Å². The summed E-state index contributed by atoms with van der Waals surface area (Å²) in [7, 11) is 0. The standard InChI is InChI=1S/C10H17N3O2/c1-3-4-5-11-7-10(14)12-9-6-8(2)15-13-9/h6,11H,3-5,7H2,1-2H3,(H,12,13,14). The Labute approximate surface area is 89.2 Å². The molecule has 0 aromatic carbocycles. The first-order chi connectivity index (χ1) is 7.22. The van der Waals surface area contributed by atoms with Gasteiger partial charge in [0.1, 0.15) is 5.76 Å². The van der Waals surface area contributed by atoms with Gasteiger partial charge in [-0.05, 0) is 19.9 Å². The van der Waals surface area contributed by atoms with Crippen LogP contribution in [0, 0.1) is 6.92 Å². The molecule has 0 saturated carbocycles. The van der Waals surface area contributed by atoms with Gasteiger partial charge in [0.2, 0.25) is 5.91 Å². The van der Waals surface area contributed by atoms with Crippen molar-refractivity contribution in [3.05, 3.63) is 11.8 Å². The van der Waals surface area contributed by atoms with Gasteiger partial charge in [-0.2, -0.15) is 0 Å². The third kappa shape index (κ3) is 4.60. The molecule has 1 aromatic rings. The Bertz CT molecular complexity index is 309. The van der Waals surface area contributed by atoms with Gasteiger partial charge in [-0.1, -0.05) is 18.5 Å². The SMILES string of the molecule is CCCCNCC(=O)Nc1cc(C)on1. The fourth-order valence-corrected chi connectivity index (χ4v) is 1.12. The first kappa shape index (κ1) is 11.7. The van der Waals surface area contributed by atoms with E-state index >= 15 is 0 Å². The summed E-state index contributed by atoms with van der Waals surface area (Å²) in [4.78, 5) is 11.3. The second-order valence-electron chi connectivity index (χ2n) is 3.40. The maximum atomic E-state index is 11.3. The van der Waals surface area contributed by atoms with Crippen LogP contribution in [0.3, 0.4) is 0 Å². The summed E-state index contributed by atoms with van der Waals surface area (Å²) < 4.78 is 4.82. The molecule has 1 heterocycles. The Kier molecular flexibility index (Phi) is 4.83. The van der Waals surface area contributed by atoms with Crippen molar-refractivity contribution in [1.29, 1.82) is 0 Å². The highest BCUT2D eigenvalue weighted by atomic mass is 16.5. The Morgan fingerprint density at radius 2 is 2.40 bits per heavy atom. The molecule has 0 aliphatic carbocycles. The van der Waals surface area contributed by atoms with Gasteiger partial charge in [0.05, 0.1) is 6.54 Å². The lowest BCUT2D eigenvalue weighted by Gasteiger charge is -2.02. The molecular formula is C10H17N3O2. The third-order valence-corrected chi connectivity index (χ3v) is 1.89. The number of nitrogens with one attached hydrogen (secondary N) is 2. The number of hydrogen-bond acceptors (Lipinski definition) is 4. The van der Waals surface area contributed by atoms with Gasteiger partial charge in [-0.25, -0.2) is 0 Å². The van der Waals surface area contributed by atoms with Crippen LogP contribution in [0.5, 0.6) is 0 Å². The van der Waals surface area contributed by atoms with Crippen molar-refractivity contribution in [2.24, 2.45) is 0 Å². The third-order valence-electron chi connectivity index (χ3n) is 1.89. The highest BCUT2D eigenvalue weighted by Crippen LogP contribution is 2.06. The van der Waals surface area contributed by atoms with E-state index in [1.54, 1.807) is 13.0 Å². The van der Waals surface area contributed by atoms with Crippen molar-refractivity contribution >= 4 is 11.7 Å². The summed E-state index contributed by atoms with van der Waals surface area (Å²) in [5.74, 6) is 1.05. The molecule has 0 bridgehead atoms. The molecule has 1 aromatic heterocycles. The van der Waals surface area contributed by atoms with E-state index in [0.29, 0.717) is 18.1 Å². The smallest absolute Gasteiger partial charge is 0.239 e. The average Bonchev–Trinajstić information content (AvgIpc) is 2.59. The number of hydrogen-bond donors (Lipinski definition) is 2. The Hall–Kier alpha value is -1.36. The van der Waals surface area contributed by atoms with Gasteiger partial charge < -0.3 is 15.2 Å². The van der Waals surface area contributed by atoms with Gasteiger partial charge in [0.15, 0.2) is 5.82 Å². The number of aromatic nitrogens is 1. The summed E-state index contributed by atoms with van der Waals surface area (Å²) >= 11 is 0. The van der Waals surface area contributed by atoms with E-state index in [-0.39, 0.29) is 5.91 Å². The largest absolute Gasteiger partial charge is 0.360 e. The summed E-state index contributed by atoms with van der Waals surface area (Å²) in [6, 6.07) is 1.68. The van der Waals surface area contributed by atoms with E-state index in [2.05, 4.69) is 22.7 Å². The van der Waals surface area contributed by atoms with Crippen molar-refractivity contribution in [2.45, 2.75) is 26.7 Å². The van der Waals surface area contributed by atoms with Gasteiger partial charge in [0.25, 0.3) is 0 Å². The number of amides is 1. The van der Waals surface area contributed by atoms with Gasteiger partial charge in [0, 0.05) is 6.07 Å². The molecule has 0 saturated heterocycles. The van der Waals surface area contributed by atoms with E-state index in [0.717, 1.165) is 19.4 Å². The quantitative estimate of drug-likeness (QED) is 0.696. The van der Waals surface area contributed by atoms with E-state index in [1.165, 1.54) is 0 Å². The van der Waals surface area contributed by atoms with Crippen LogP contribution in [-0.2, 0) is 4.79 Å². The van der Waals surface area contributed by atoms with E-state index in [4.69, 9.17) is 4.52 Å². The lowest BCUT2D eigenvalue weighted by atomic mass is 10.3. The highest BCUT2D eigenvalue weighted by Gasteiger charge is 2.04. The van der Waals surface area contributed by atoms with Gasteiger partial charge in [-0.15, -0.1) is 0 Å². The van der Waals surface area contributed by atoms with Crippen LogP contribution in [0.4, 0.5) is 5.82 Å². The first-order valence-corrected chi connectivity index (χ1v) is 5.16. The number of carbonyl (C=O) groups excluding carboxylic acids is 1. The monoisotopic (exact) mass is 211 g/mol. The zero-order valence-corrected chi connectivity index (χ0v) is 9.17. The van der Waals surface area contributed by atoms with Crippen LogP contribution in [0.15, 0.2) is 10.6 Å². The fraction of sp³-hybridized carbons (Fsp3) is 0.600. The maximum absolute atomic E-state index is 11.3. The molecule has 0 aliphatic heterocycles. The minimum atomic E-state index is -0.0978. The fourth-order valence-electron chi connectivity index (χ4n) is 1.12. The van der Waals surface area contributed by atoms with Crippen molar-refractivity contribution < 1.29 is 9.32 Å². The molecule has 0 fully saturated rings. The number of unbranched alkanes of at least 4 members (excludes halogenated alkanes) is 1. The topological polar surface area (TPSA) is 67.2 Å². The number of anilines is 1. The maximum Gasteiger partial charge on any atom is 0.239 e. The summed E-state index contributed by atoms with van der Waals surface area (Å²) in [6.07, 6.45) is 2.20. The molecular weight excluding hydrogens is 194 g/mol. The van der Waals surface area contributed by atoms with Crippen LogP contribution >= 0.6 is 0 Å². The molecule has 0 aliphatic rings. The second kappa shape index (κ2) is 6.19. The van der Waals surface area contributed by atoms with Crippen molar-refractivity contribution in [3.63, 3.8) is 0 Å². The summed E-state index contributed by atoms with van der Waals surface area (Å²) in [6.45, 7) is 5.07. The number of carbonyl (C=O) groups is 1. The van der Waals surface area contributed by atoms with Crippen molar-refractivity contribution in [3.8, 4) is 0 Å². The zero-order valence-electron chi connectivity index (χ0n) is 9.17. The Morgan fingerprint density at radius 3 is 3.00 bits per heavy atom.